The molecule has 0 aliphatic rings. The van der Waals surface area contributed by atoms with Gasteiger partial charge in [-0.05, 0) is 100 Å². The molecule has 0 aromatic rings. The van der Waals surface area contributed by atoms with Crippen LogP contribution in [0.4, 0.5) is 92.2 Å². The van der Waals surface area contributed by atoms with Gasteiger partial charge in [0.25, 0.3) is 0 Å². The van der Waals surface area contributed by atoms with Crippen molar-refractivity contribution in [3.8, 4) is 0 Å². The van der Waals surface area contributed by atoms with Crippen LogP contribution in [0, 0.1) is 37.9 Å². The molecule has 0 amide bonds. The molecule has 0 aromatic carbocycles. The minimum Gasteiger partial charge on any atom is -0.454 e. The Balaban J connectivity index is 9.62. The van der Waals surface area contributed by atoms with Gasteiger partial charge in [-0.1, -0.05) is 6.92 Å². The fourth-order valence-electron chi connectivity index (χ4n) is 10.3. The molecule has 0 heterocycles. The lowest BCUT2D eigenvalue weighted by atomic mass is 9.57. The van der Waals surface area contributed by atoms with Gasteiger partial charge in [-0.15, -0.1) is 0 Å². The van der Waals surface area contributed by atoms with Crippen LogP contribution < -0.4 is 0 Å². The molecule has 0 N–H and O–H groups in total. The minimum atomic E-state index is -5.38. The quantitative estimate of drug-likeness (QED) is 0.0315. The van der Waals surface area contributed by atoms with Gasteiger partial charge in [-0.25, -0.2) is 33.6 Å². The summed E-state index contributed by atoms with van der Waals surface area (Å²) in [6, 6.07) is 0. The first-order valence-corrected chi connectivity index (χ1v) is 29.7. The number of ether oxygens (including phenoxy) is 14. The maximum atomic E-state index is 15.1. The molecule has 0 spiro atoms. The predicted molar refractivity (Wildman–Crippen MR) is 296 cm³/mol. The van der Waals surface area contributed by atoms with E-state index in [2.05, 4.69) is 33.2 Å². The first kappa shape index (κ1) is 98.1. The zero-order valence-electron chi connectivity index (χ0n) is 57.2. The number of alkyl halides is 21. The summed E-state index contributed by atoms with van der Waals surface area (Å²) in [6.45, 7) is -24.3. The molecule has 0 aromatic heterocycles. The zero-order chi connectivity index (χ0) is 83.8. The van der Waals surface area contributed by atoms with E-state index in [4.69, 9.17) is 33.2 Å². The molecular weight excluding hydrogens is 1540 g/mol. The molecule has 0 radical (unpaired) electrons. The van der Waals surface area contributed by atoms with Gasteiger partial charge in [-0.2, -0.15) is 92.2 Å². The largest absolute Gasteiger partial charge is 0.454 e. The van der Waals surface area contributed by atoms with Crippen molar-refractivity contribution in [1.82, 2.24) is 0 Å². The highest BCUT2D eigenvalue weighted by molar-refractivity contribution is 5.89. The molecule has 616 valence electrons. The van der Waals surface area contributed by atoms with Gasteiger partial charge in [-0.3, -0.25) is 33.6 Å². The lowest BCUT2D eigenvalue weighted by molar-refractivity contribution is -0.195. The van der Waals surface area contributed by atoms with E-state index in [1.54, 1.807) is 0 Å². The van der Waals surface area contributed by atoms with E-state index in [0.29, 0.717) is 34.6 Å². The van der Waals surface area contributed by atoms with Crippen molar-refractivity contribution < 1.29 is 226 Å². The normalized spacial score (nSPS) is 15.8. The van der Waals surface area contributed by atoms with Crippen LogP contribution in [0.25, 0.3) is 0 Å². The monoisotopic (exact) mass is 1610 g/mol. The molecule has 6 atom stereocenters. The van der Waals surface area contributed by atoms with Crippen LogP contribution in [-0.4, -0.2) is 219 Å². The summed E-state index contributed by atoms with van der Waals surface area (Å²) >= 11 is 0. The predicted octanol–water partition coefficient (Wildman–Crippen LogP) is 8.34. The van der Waals surface area contributed by atoms with E-state index in [9.17, 15) is 145 Å². The summed E-state index contributed by atoms with van der Waals surface area (Å²) < 4.78 is 337. The highest BCUT2D eigenvalue weighted by atomic mass is 19.4. The Morgan fingerprint density at radius 2 is 0.327 bits per heavy atom. The van der Waals surface area contributed by atoms with Crippen LogP contribution in [0.15, 0.2) is 0 Å². The fraction of sp³-hybridized carbons (Fsp3) is 0.759. The van der Waals surface area contributed by atoms with E-state index >= 15 is 14.4 Å². The number of carbonyl (C=O) groups excluding carboxylic acids is 14. The van der Waals surface area contributed by atoms with Crippen LogP contribution in [0.3, 0.4) is 0 Å². The Labute approximate surface area is 589 Å². The highest BCUT2D eigenvalue weighted by Gasteiger charge is 2.59. The lowest BCUT2D eigenvalue weighted by Crippen LogP contribution is -2.51. The summed E-state index contributed by atoms with van der Waals surface area (Å²) in [6.07, 6.45) is -47.8. The number of rotatable bonds is 41. The van der Waals surface area contributed by atoms with Crippen LogP contribution in [-0.2, 0) is 133 Å². The van der Waals surface area contributed by atoms with Crippen LogP contribution in [0.5, 0.6) is 0 Å². The maximum Gasteiger partial charge on any atom is 0.422 e. The van der Waals surface area contributed by atoms with Crippen molar-refractivity contribution in [2.45, 2.75) is 150 Å². The standard InChI is InChI=1S/C58H69F21O28/c1-10-46(4,39(88)95-12-32(81)102-25-53(62,63)64)19-48(6,41(90)97-14-34(83)104-27-55(68,69)70)21-50(8,43(92)99-16-36(85)106-29-57(74,75)76)23-51(9,44(93)100-17-37(86)107-30-58(77,78)79)22-49(7,42(91)98-15-35(84)105-28-56(71,72)73)20-47(5,40(89)96-13-33(82)103-26-54(65,66)67)18-45(2,3)38(87)94-11-31(80)101-24-52(59,60)61/h10-30H2,1-9H3. The summed E-state index contributed by atoms with van der Waals surface area (Å²) in [5.74, 6) is -28.7. The average molecular weight is 1610 g/mol. The third-order valence-electron chi connectivity index (χ3n) is 14.0. The van der Waals surface area contributed by atoms with Crippen molar-refractivity contribution in [2.75, 3.05) is 92.5 Å². The first-order valence-electron chi connectivity index (χ1n) is 29.7. The van der Waals surface area contributed by atoms with Gasteiger partial charge < -0.3 is 66.3 Å². The van der Waals surface area contributed by atoms with E-state index < -0.39 is 302 Å². The third kappa shape index (κ3) is 39.5. The van der Waals surface area contributed by atoms with Crippen molar-refractivity contribution in [3.63, 3.8) is 0 Å². The van der Waals surface area contributed by atoms with Crippen molar-refractivity contribution in [2.24, 2.45) is 37.9 Å². The van der Waals surface area contributed by atoms with Gasteiger partial charge in [0.05, 0.1) is 37.9 Å². The molecule has 28 nitrogen and oxygen atoms in total. The molecule has 6 unspecified atom stereocenters. The van der Waals surface area contributed by atoms with Gasteiger partial charge in [0.15, 0.2) is 92.5 Å². The van der Waals surface area contributed by atoms with Crippen LogP contribution in [0.2, 0.25) is 0 Å². The van der Waals surface area contributed by atoms with E-state index in [0.717, 1.165) is 27.7 Å². The number of carbonyl (C=O) groups is 14. The number of hydrogen-bond acceptors (Lipinski definition) is 28. The Morgan fingerprint density at radius 3 is 0.477 bits per heavy atom. The molecule has 107 heavy (non-hydrogen) atoms. The highest BCUT2D eigenvalue weighted by Crippen LogP contribution is 2.55. The molecule has 0 fully saturated rings. The summed E-state index contributed by atoms with van der Waals surface area (Å²) in [5.41, 5.74) is -21.3. The molecule has 0 bridgehead atoms. The molecule has 49 heteroatoms. The van der Waals surface area contributed by atoms with Crippen molar-refractivity contribution in [1.29, 1.82) is 0 Å². The van der Waals surface area contributed by atoms with Crippen molar-refractivity contribution >= 4 is 83.6 Å². The third-order valence-corrected chi connectivity index (χ3v) is 14.0. The first-order chi connectivity index (χ1) is 48.0. The van der Waals surface area contributed by atoms with Gasteiger partial charge in [0.2, 0.25) is 0 Å². The number of esters is 14. The Kier molecular flexibility index (Phi) is 35.5. The molecule has 0 aliphatic heterocycles. The Hall–Kier alpha value is -8.89. The number of halogens is 21. The van der Waals surface area contributed by atoms with Gasteiger partial charge >= 0.3 is 127 Å². The average Bonchev–Trinajstić information content (AvgIpc) is 0.755. The second-order valence-corrected chi connectivity index (χ2v) is 25.6. The molecule has 0 aliphatic carbocycles. The Morgan fingerprint density at radius 1 is 0.196 bits per heavy atom. The number of hydrogen-bond donors (Lipinski definition) is 0. The van der Waals surface area contributed by atoms with Gasteiger partial charge in [0.1, 0.15) is 0 Å². The second-order valence-electron chi connectivity index (χ2n) is 25.6. The van der Waals surface area contributed by atoms with E-state index in [1.165, 1.54) is 0 Å². The fourth-order valence-corrected chi connectivity index (χ4v) is 10.3. The molecule has 0 saturated heterocycles. The second kappa shape index (κ2) is 38.8. The Bertz CT molecular complexity index is 3140. The van der Waals surface area contributed by atoms with E-state index in [-0.39, 0.29) is 0 Å². The minimum absolute atomic E-state index is 0.436. The SMILES string of the molecule is CCC(C)(CC(C)(CC(C)(CC(C)(CC(C)(CC(C)(CC(C)(C)C(=O)OCC(=O)OCC(F)(F)F)C(=O)OCC(=O)OCC(F)(F)F)C(=O)OCC(=O)OCC(F)(F)F)C(=O)OCC(=O)OCC(F)(F)F)C(=O)OCC(=O)OCC(F)(F)F)C(=O)OCC(=O)OCC(F)(F)F)C(=O)OCC(=O)OCC(F)(F)F. The summed E-state index contributed by atoms with van der Waals surface area (Å²) in [7, 11) is 0. The van der Waals surface area contributed by atoms with Crippen LogP contribution >= 0.6 is 0 Å². The molecule has 0 saturated carbocycles. The van der Waals surface area contributed by atoms with Crippen molar-refractivity contribution in [3.05, 3.63) is 0 Å². The summed E-state index contributed by atoms with van der Waals surface area (Å²) in [4.78, 5) is 190. The molecular formula is C58H69F21O28. The zero-order valence-corrected chi connectivity index (χ0v) is 57.2. The maximum absolute atomic E-state index is 15.1. The topological polar surface area (TPSA) is 368 Å². The molecule has 0 rings (SSSR count). The smallest absolute Gasteiger partial charge is 0.422 e. The van der Waals surface area contributed by atoms with E-state index in [1.807, 2.05) is 0 Å². The van der Waals surface area contributed by atoms with Crippen LogP contribution in [0.1, 0.15) is 107 Å². The summed E-state index contributed by atoms with van der Waals surface area (Å²) in [5, 5.41) is 0. The van der Waals surface area contributed by atoms with Gasteiger partial charge in [0, 0.05) is 0 Å². The lowest BCUT2D eigenvalue weighted by Gasteiger charge is -2.46.